The van der Waals surface area contributed by atoms with Crippen molar-refractivity contribution in [3.63, 3.8) is 0 Å². The van der Waals surface area contributed by atoms with Crippen LogP contribution in [0.4, 0.5) is 0 Å². The summed E-state index contributed by atoms with van der Waals surface area (Å²) < 4.78 is 0. The number of carbonyl (C=O) groups is 1. The molecule has 0 radical (unpaired) electrons. The number of amides is 1. The summed E-state index contributed by atoms with van der Waals surface area (Å²) in [6, 6.07) is 2.11. The van der Waals surface area contributed by atoms with Gasteiger partial charge in [-0.3, -0.25) is 4.79 Å². The quantitative estimate of drug-likeness (QED) is 0.819. The van der Waals surface area contributed by atoms with Crippen LogP contribution >= 0.6 is 11.3 Å². The summed E-state index contributed by atoms with van der Waals surface area (Å²) in [5, 5.41) is 4.20. The molecule has 1 amide bonds. The lowest BCUT2D eigenvalue weighted by atomic mass is 10.2. The fourth-order valence-electron chi connectivity index (χ4n) is 2.14. The van der Waals surface area contributed by atoms with E-state index in [-0.39, 0.29) is 0 Å². The highest BCUT2D eigenvalue weighted by Gasteiger charge is 2.16. The maximum atomic E-state index is 12.1. The summed E-state index contributed by atoms with van der Waals surface area (Å²) in [7, 11) is 2.12. The van der Waals surface area contributed by atoms with Gasteiger partial charge in [-0.25, -0.2) is 0 Å². The summed E-state index contributed by atoms with van der Waals surface area (Å²) in [6.45, 7) is 3.92. The van der Waals surface area contributed by atoms with E-state index >= 15 is 0 Å². The van der Waals surface area contributed by atoms with Gasteiger partial charge >= 0.3 is 0 Å². The normalized spacial score (nSPS) is 18.1. The van der Waals surface area contributed by atoms with Gasteiger partial charge in [-0.1, -0.05) is 0 Å². The average Bonchev–Trinajstić information content (AvgIpc) is 2.74. The minimum absolute atomic E-state index is 0.312. The molecule has 94 valence electrons. The van der Waals surface area contributed by atoms with Gasteiger partial charge in [0, 0.05) is 26.1 Å². The molecule has 1 aromatic rings. The molecule has 1 aromatic heterocycles. The van der Waals surface area contributed by atoms with E-state index in [1.807, 2.05) is 4.90 Å². The molecule has 1 saturated heterocycles. The number of hydrogen-bond acceptors (Lipinski definition) is 3. The van der Waals surface area contributed by atoms with Crippen molar-refractivity contribution < 1.29 is 4.79 Å². The van der Waals surface area contributed by atoms with Crippen molar-refractivity contribution in [2.24, 2.45) is 0 Å². The van der Waals surface area contributed by atoms with Crippen LogP contribution in [0.25, 0.3) is 0 Å². The Bertz CT molecular complexity index is 350. The molecule has 0 saturated carbocycles. The Hall–Kier alpha value is -0.870. The number of rotatable bonds is 3. The van der Waals surface area contributed by atoms with Gasteiger partial charge < -0.3 is 9.80 Å². The first-order valence-corrected chi connectivity index (χ1v) is 7.17. The highest BCUT2D eigenvalue weighted by molar-refractivity contribution is 7.07. The summed E-state index contributed by atoms with van der Waals surface area (Å²) in [5.74, 6) is 0.312. The van der Waals surface area contributed by atoms with Gasteiger partial charge in [0.05, 0.1) is 0 Å². The first-order valence-electron chi connectivity index (χ1n) is 6.23. The molecule has 17 heavy (non-hydrogen) atoms. The van der Waals surface area contributed by atoms with Crippen molar-refractivity contribution in [2.45, 2.75) is 19.3 Å². The van der Waals surface area contributed by atoms with Crippen LogP contribution in [0, 0.1) is 0 Å². The average molecular weight is 252 g/mol. The van der Waals surface area contributed by atoms with Crippen LogP contribution in [0.1, 0.15) is 18.4 Å². The zero-order valence-corrected chi connectivity index (χ0v) is 11.2. The third-order valence-electron chi connectivity index (χ3n) is 3.28. The highest BCUT2D eigenvalue weighted by Crippen LogP contribution is 2.10. The molecule has 0 spiro atoms. The Morgan fingerprint density at radius 2 is 2.24 bits per heavy atom. The van der Waals surface area contributed by atoms with Crippen LogP contribution in [-0.2, 0) is 11.2 Å². The molecule has 1 fully saturated rings. The minimum Gasteiger partial charge on any atom is -0.341 e. The maximum absolute atomic E-state index is 12.1. The van der Waals surface area contributed by atoms with Crippen LogP contribution in [-0.4, -0.2) is 48.9 Å². The second-order valence-corrected chi connectivity index (χ2v) is 5.45. The smallest absolute Gasteiger partial charge is 0.222 e. The van der Waals surface area contributed by atoms with Gasteiger partial charge in [0.2, 0.25) is 5.91 Å². The van der Waals surface area contributed by atoms with Crippen molar-refractivity contribution in [3.8, 4) is 0 Å². The summed E-state index contributed by atoms with van der Waals surface area (Å²) in [6.07, 6.45) is 2.63. The molecule has 2 rings (SSSR count). The third kappa shape index (κ3) is 3.82. The molecule has 0 bridgehead atoms. The van der Waals surface area contributed by atoms with Crippen LogP contribution in [0.15, 0.2) is 16.8 Å². The Morgan fingerprint density at radius 3 is 3.00 bits per heavy atom. The number of hydrogen-bond donors (Lipinski definition) is 0. The Morgan fingerprint density at radius 1 is 1.35 bits per heavy atom. The maximum Gasteiger partial charge on any atom is 0.222 e. The van der Waals surface area contributed by atoms with E-state index in [0.29, 0.717) is 12.3 Å². The van der Waals surface area contributed by atoms with Gasteiger partial charge in [-0.05, 0) is 48.8 Å². The standard InChI is InChI=1S/C13H20N2OS/c1-14-6-2-7-15(9-8-14)13(16)4-3-12-5-10-17-11-12/h5,10-11H,2-4,6-9H2,1H3. The van der Waals surface area contributed by atoms with Crippen molar-refractivity contribution in [2.75, 3.05) is 33.2 Å². The molecule has 0 atom stereocenters. The van der Waals surface area contributed by atoms with Gasteiger partial charge in [0.15, 0.2) is 0 Å². The molecule has 0 unspecified atom stereocenters. The minimum atomic E-state index is 0.312. The third-order valence-corrected chi connectivity index (χ3v) is 4.01. The topological polar surface area (TPSA) is 23.6 Å². The van der Waals surface area contributed by atoms with Crippen LogP contribution in [0.3, 0.4) is 0 Å². The fourth-order valence-corrected chi connectivity index (χ4v) is 2.84. The molecule has 3 nitrogen and oxygen atoms in total. The Labute approximate surface area is 107 Å². The predicted molar refractivity (Wildman–Crippen MR) is 71.3 cm³/mol. The monoisotopic (exact) mass is 252 g/mol. The summed E-state index contributed by atoms with van der Waals surface area (Å²) in [4.78, 5) is 16.4. The number of likely N-dealkylation sites (N-methyl/N-ethyl adjacent to an activating group) is 1. The van der Waals surface area contributed by atoms with Gasteiger partial charge in [0.25, 0.3) is 0 Å². The molecule has 1 aliphatic heterocycles. The molecular weight excluding hydrogens is 232 g/mol. The number of carbonyl (C=O) groups excluding carboxylic acids is 1. The number of nitrogens with zero attached hydrogens (tertiary/aromatic N) is 2. The van der Waals surface area contributed by atoms with Crippen LogP contribution < -0.4 is 0 Å². The van der Waals surface area contributed by atoms with Gasteiger partial charge in [0.1, 0.15) is 0 Å². The van der Waals surface area contributed by atoms with Gasteiger partial charge in [-0.15, -0.1) is 0 Å². The first kappa shape index (κ1) is 12.6. The highest BCUT2D eigenvalue weighted by atomic mass is 32.1. The molecule has 0 N–H and O–H groups in total. The van der Waals surface area contributed by atoms with Crippen molar-refractivity contribution in [1.29, 1.82) is 0 Å². The van der Waals surface area contributed by atoms with E-state index in [1.54, 1.807) is 11.3 Å². The van der Waals surface area contributed by atoms with Crippen LogP contribution in [0.2, 0.25) is 0 Å². The van der Waals surface area contributed by atoms with Crippen molar-refractivity contribution in [3.05, 3.63) is 22.4 Å². The Balaban J connectivity index is 1.79. The number of thiophene rings is 1. The predicted octanol–water partition coefficient (Wildman–Crippen LogP) is 1.84. The summed E-state index contributed by atoms with van der Waals surface area (Å²) in [5.41, 5.74) is 1.29. The lowest BCUT2D eigenvalue weighted by Crippen LogP contribution is -2.34. The zero-order valence-electron chi connectivity index (χ0n) is 10.4. The lowest BCUT2D eigenvalue weighted by Gasteiger charge is -2.20. The second kappa shape index (κ2) is 6.17. The van der Waals surface area contributed by atoms with E-state index in [9.17, 15) is 4.79 Å². The molecule has 0 aliphatic carbocycles. The zero-order chi connectivity index (χ0) is 12.1. The number of aryl methyl sites for hydroxylation is 1. The fraction of sp³-hybridized carbons (Fsp3) is 0.615. The van der Waals surface area contributed by atoms with E-state index in [1.165, 1.54) is 5.56 Å². The molecule has 4 heteroatoms. The van der Waals surface area contributed by atoms with E-state index in [4.69, 9.17) is 0 Å². The molecule has 2 heterocycles. The van der Waals surface area contributed by atoms with Crippen molar-refractivity contribution >= 4 is 17.2 Å². The van der Waals surface area contributed by atoms with E-state index in [0.717, 1.165) is 39.0 Å². The SMILES string of the molecule is CN1CCCN(C(=O)CCc2ccsc2)CC1. The lowest BCUT2D eigenvalue weighted by molar-refractivity contribution is -0.131. The van der Waals surface area contributed by atoms with Gasteiger partial charge in [-0.2, -0.15) is 11.3 Å². The molecule has 0 aromatic carbocycles. The van der Waals surface area contributed by atoms with Crippen molar-refractivity contribution in [1.82, 2.24) is 9.80 Å². The molecular formula is C13H20N2OS. The van der Waals surface area contributed by atoms with E-state index in [2.05, 4.69) is 28.8 Å². The largest absolute Gasteiger partial charge is 0.341 e. The Kier molecular flexibility index (Phi) is 4.57. The molecule has 1 aliphatic rings. The van der Waals surface area contributed by atoms with Crippen LogP contribution in [0.5, 0.6) is 0 Å². The second-order valence-electron chi connectivity index (χ2n) is 4.67. The summed E-state index contributed by atoms with van der Waals surface area (Å²) >= 11 is 1.70. The first-order chi connectivity index (χ1) is 8.25. The van der Waals surface area contributed by atoms with E-state index < -0.39 is 0 Å².